The lowest BCUT2D eigenvalue weighted by atomic mass is 10.1. The number of carbonyl (C=O) groups excluding carboxylic acids is 1. The predicted octanol–water partition coefficient (Wildman–Crippen LogP) is 1.74. The molecule has 1 atom stereocenters. The lowest BCUT2D eigenvalue weighted by Crippen LogP contribution is -2.32. The molecule has 0 radical (unpaired) electrons. The molecule has 24 heavy (non-hydrogen) atoms. The van der Waals surface area contributed by atoms with Crippen LogP contribution in [0.4, 0.5) is 4.39 Å². The first-order valence-electron chi connectivity index (χ1n) is 8.30. The van der Waals surface area contributed by atoms with Gasteiger partial charge in [0.1, 0.15) is 5.82 Å². The maximum Gasteiger partial charge on any atom is 0.224 e. The molecule has 1 aromatic carbocycles. The molecule has 1 saturated heterocycles. The van der Waals surface area contributed by atoms with Crippen LogP contribution in [-0.2, 0) is 24.8 Å². The molecule has 2 aromatic rings. The van der Waals surface area contributed by atoms with Gasteiger partial charge in [-0.15, -0.1) is 0 Å². The van der Waals surface area contributed by atoms with Crippen LogP contribution in [0.2, 0.25) is 0 Å². The molecule has 1 aliphatic rings. The minimum Gasteiger partial charge on any atom is -0.355 e. The largest absolute Gasteiger partial charge is 0.355 e. The molecule has 3 rings (SSSR count). The monoisotopic (exact) mass is 330 g/mol. The second-order valence-electron chi connectivity index (χ2n) is 6.48. The smallest absolute Gasteiger partial charge is 0.224 e. The van der Waals surface area contributed by atoms with Gasteiger partial charge in [0.25, 0.3) is 0 Å². The SMILES string of the molecule is Cn1cc(CN2CC[C@@H](CNC(=O)Cc3ccccc3F)C2)cn1. The van der Waals surface area contributed by atoms with Crippen molar-refractivity contribution in [1.82, 2.24) is 20.0 Å². The molecule has 1 fully saturated rings. The summed E-state index contributed by atoms with van der Waals surface area (Å²) in [4.78, 5) is 14.4. The first kappa shape index (κ1) is 16.6. The summed E-state index contributed by atoms with van der Waals surface area (Å²) in [6.45, 7) is 3.54. The summed E-state index contributed by atoms with van der Waals surface area (Å²) >= 11 is 0. The van der Waals surface area contributed by atoms with Gasteiger partial charge in [0.2, 0.25) is 5.91 Å². The Morgan fingerprint density at radius 2 is 2.25 bits per heavy atom. The van der Waals surface area contributed by atoms with Crippen LogP contribution in [0.1, 0.15) is 17.5 Å². The van der Waals surface area contributed by atoms with E-state index in [0.717, 1.165) is 26.1 Å². The summed E-state index contributed by atoms with van der Waals surface area (Å²) < 4.78 is 15.4. The van der Waals surface area contributed by atoms with E-state index < -0.39 is 0 Å². The third-order valence-electron chi connectivity index (χ3n) is 4.43. The number of amides is 1. The first-order valence-corrected chi connectivity index (χ1v) is 8.30. The first-order chi connectivity index (χ1) is 11.6. The molecule has 0 saturated carbocycles. The number of aryl methyl sites for hydroxylation is 1. The van der Waals surface area contributed by atoms with E-state index >= 15 is 0 Å². The van der Waals surface area contributed by atoms with Crippen molar-refractivity contribution in [3.63, 3.8) is 0 Å². The van der Waals surface area contributed by atoms with Crippen LogP contribution in [0.25, 0.3) is 0 Å². The molecule has 0 bridgehead atoms. The maximum absolute atomic E-state index is 13.6. The average molecular weight is 330 g/mol. The highest BCUT2D eigenvalue weighted by atomic mass is 19.1. The molecule has 1 amide bonds. The van der Waals surface area contributed by atoms with E-state index in [9.17, 15) is 9.18 Å². The number of benzene rings is 1. The minimum absolute atomic E-state index is 0.0960. The minimum atomic E-state index is -0.323. The zero-order valence-electron chi connectivity index (χ0n) is 13.9. The van der Waals surface area contributed by atoms with Crippen molar-refractivity contribution in [2.24, 2.45) is 13.0 Å². The summed E-state index contributed by atoms with van der Waals surface area (Å²) in [6, 6.07) is 6.42. The second-order valence-corrected chi connectivity index (χ2v) is 6.48. The van der Waals surface area contributed by atoms with Crippen LogP contribution in [0.3, 0.4) is 0 Å². The highest BCUT2D eigenvalue weighted by Crippen LogP contribution is 2.18. The van der Waals surface area contributed by atoms with Gasteiger partial charge in [-0.25, -0.2) is 4.39 Å². The van der Waals surface area contributed by atoms with Crippen LogP contribution in [-0.4, -0.2) is 40.2 Å². The van der Waals surface area contributed by atoms with Crippen LogP contribution >= 0.6 is 0 Å². The molecule has 1 aliphatic heterocycles. The number of nitrogens with one attached hydrogen (secondary N) is 1. The summed E-state index contributed by atoms with van der Waals surface area (Å²) in [5.41, 5.74) is 1.65. The summed E-state index contributed by atoms with van der Waals surface area (Å²) in [7, 11) is 1.92. The molecule has 0 unspecified atom stereocenters. The van der Waals surface area contributed by atoms with Crippen LogP contribution < -0.4 is 5.32 Å². The predicted molar refractivity (Wildman–Crippen MR) is 89.7 cm³/mol. The fourth-order valence-corrected chi connectivity index (χ4v) is 3.17. The van der Waals surface area contributed by atoms with E-state index in [4.69, 9.17) is 0 Å². The zero-order valence-corrected chi connectivity index (χ0v) is 13.9. The third kappa shape index (κ3) is 4.41. The number of likely N-dealkylation sites (tertiary alicyclic amines) is 1. The fourth-order valence-electron chi connectivity index (χ4n) is 3.17. The summed E-state index contributed by atoms with van der Waals surface area (Å²) in [6.07, 6.45) is 5.09. The van der Waals surface area contributed by atoms with Crippen molar-refractivity contribution >= 4 is 5.91 Å². The number of hydrogen-bond donors (Lipinski definition) is 1. The Labute approximate surface area is 141 Å². The van der Waals surface area contributed by atoms with Gasteiger partial charge in [0.05, 0.1) is 12.6 Å². The molecule has 0 aliphatic carbocycles. The molecule has 1 aromatic heterocycles. The Hall–Kier alpha value is -2.21. The quantitative estimate of drug-likeness (QED) is 0.878. The number of halogens is 1. The Balaban J connectivity index is 1.41. The normalized spacial score (nSPS) is 18.0. The van der Waals surface area contributed by atoms with Gasteiger partial charge in [0.15, 0.2) is 0 Å². The van der Waals surface area contributed by atoms with E-state index in [1.165, 1.54) is 11.6 Å². The molecular formula is C18H23FN4O. The standard InChI is InChI=1S/C18H23FN4O/c1-22-11-15(10-21-22)13-23-7-6-14(12-23)9-20-18(24)8-16-4-2-3-5-17(16)19/h2-5,10-11,14H,6-9,12-13H2,1H3,(H,20,24)/t14-/m0/s1. The number of hydrogen-bond acceptors (Lipinski definition) is 3. The summed E-state index contributed by atoms with van der Waals surface area (Å²) in [5, 5.41) is 7.13. The van der Waals surface area contributed by atoms with Crippen LogP contribution in [0, 0.1) is 11.7 Å². The molecule has 1 N–H and O–H groups in total. The summed E-state index contributed by atoms with van der Waals surface area (Å²) in [5.74, 6) is 0.00760. The molecule has 6 heteroatoms. The van der Waals surface area contributed by atoms with Gasteiger partial charge >= 0.3 is 0 Å². The van der Waals surface area contributed by atoms with Gasteiger partial charge < -0.3 is 5.32 Å². The Kier molecular flexibility index (Phi) is 5.25. The van der Waals surface area contributed by atoms with E-state index in [1.54, 1.807) is 18.2 Å². The lowest BCUT2D eigenvalue weighted by molar-refractivity contribution is -0.120. The lowest BCUT2D eigenvalue weighted by Gasteiger charge is -2.15. The van der Waals surface area contributed by atoms with Crippen molar-refractivity contribution in [1.29, 1.82) is 0 Å². The van der Waals surface area contributed by atoms with E-state index in [1.807, 2.05) is 24.1 Å². The highest BCUT2D eigenvalue weighted by Gasteiger charge is 2.23. The molecule has 2 heterocycles. The van der Waals surface area contributed by atoms with E-state index in [2.05, 4.69) is 15.3 Å². The van der Waals surface area contributed by atoms with E-state index in [0.29, 0.717) is 18.0 Å². The molecule has 128 valence electrons. The maximum atomic E-state index is 13.6. The fraction of sp³-hybridized carbons (Fsp3) is 0.444. The number of aromatic nitrogens is 2. The van der Waals surface area contributed by atoms with Gasteiger partial charge in [-0.3, -0.25) is 14.4 Å². The van der Waals surface area contributed by atoms with E-state index in [-0.39, 0.29) is 18.1 Å². The number of nitrogens with zero attached hydrogens (tertiary/aromatic N) is 3. The van der Waals surface area contributed by atoms with Gasteiger partial charge in [-0.05, 0) is 30.5 Å². The molecular weight excluding hydrogens is 307 g/mol. The topological polar surface area (TPSA) is 50.2 Å². The van der Waals surface area contributed by atoms with Crippen molar-refractivity contribution in [3.8, 4) is 0 Å². The van der Waals surface area contributed by atoms with Crippen molar-refractivity contribution in [2.75, 3.05) is 19.6 Å². The zero-order chi connectivity index (χ0) is 16.9. The highest BCUT2D eigenvalue weighted by molar-refractivity contribution is 5.78. The second kappa shape index (κ2) is 7.57. The van der Waals surface area contributed by atoms with Crippen molar-refractivity contribution < 1.29 is 9.18 Å². The Morgan fingerprint density at radius 3 is 3.00 bits per heavy atom. The number of rotatable bonds is 6. The van der Waals surface area contributed by atoms with Gasteiger partial charge in [-0.2, -0.15) is 5.10 Å². The number of carbonyl (C=O) groups is 1. The third-order valence-corrected chi connectivity index (χ3v) is 4.43. The van der Waals surface area contributed by atoms with Crippen molar-refractivity contribution in [3.05, 3.63) is 53.6 Å². The van der Waals surface area contributed by atoms with Gasteiger partial charge in [0, 0.05) is 38.4 Å². The van der Waals surface area contributed by atoms with Crippen LogP contribution in [0.5, 0.6) is 0 Å². The molecule has 0 spiro atoms. The Bertz CT molecular complexity index is 700. The average Bonchev–Trinajstić information content (AvgIpc) is 3.17. The van der Waals surface area contributed by atoms with Gasteiger partial charge in [-0.1, -0.05) is 18.2 Å². The van der Waals surface area contributed by atoms with Crippen molar-refractivity contribution in [2.45, 2.75) is 19.4 Å². The molecule has 5 nitrogen and oxygen atoms in total. The van der Waals surface area contributed by atoms with Crippen LogP contribution in [0.15, 0.2) is 36.7 Å². The Morgan fingerprint density at radius 1 is 1.42 bits per heavy atom.